The molecule has 0 radical (unpaired) electrons. The van der Waals surface area contributed by atoms with Crippen LogP contribution in [0.5, 0.6) is 0 Å². The standard InChI is InChI=1S/C9H10BrN3OS/c10-7-4-12-9(15-7)13-8-2-1-6(5-14)3-11-8/h1-3,7,14H,4-5H2,(H,11,12,13). The molecule has 0 bridgehead atoms. The minimum atomic E-state index is 0.0203. The molecule has 0 saturated carbocycles. The summed E-state index contributed by atoms with van der Waals surface area (Å²) in [5.74, 6) is 0.750. The van der Waals surface area contributed by atoms with Crippen molar-refractivity contribution in [3.8, 4) is 0 Å². The molecule has 1 aliphatic heterocycles. The molecule has 1 aliphatic rings. The predicted molar refractivity (Wildman–Crippen MR) is 66.4 cm³/mol. The Bertz CT molecular complexity index is 368. The van der Waals surface area contributed by atoms with Gasteiger partial charge in [-0.3, -0.25) is 4.99 Å². The summed E-state index contributed by atoms with van der Waals surface area (Å²) in [6.45, 7) is 0.800. The topological polar surface area (TPSA) is 57.5 Å². The van der Waals surface area contributed by atoms with Gasteiger partial charge in [-0.05, 0) is 11.6 Å². The van der Waals surface area contributed by atoms with Gasteiger partial charge in [0.05, 0.1) is 17.3 Å². The lowest BCUT2D eigenvalue weighted by atomic mass is 10.3. The summed E-state index contributed by atoms with van der Waals surface area (Å²) in [5.41, 5.74) is 0.805. The summed E-state index contributed by atoms with van der Waals surface area (Å²) >= 11 is 5.11. The van der Waals surface area contributed by atoms with Crippen molar-refractivity contribution in [3.05, 3.63) is 23.9 Å². The van der Waals surface area contributed by atoms with Crippen molar-refractivity contribution >= 4 is 38.7 Å². The van der Waals surface area contributed by atoms with Gasteiger partial charge in [0, 0.05) is 6.20 Å². The average molecular weight is 288 g/mol. The minimum Gasteiger partial charge on any atom is -0.392 e. The van der Waals surface area contributed by atoms with Crippen LogP contribution in [0.2, 0.25) is 0 Å². The lowest BCUT2D eigenvalue weighted by molar-refractivity contribution is 0.281. The highest BCUT2D eigenvalue weighted by molar-refractivity contribution is 9.11. The third-order valence-corrected chi connectivity index (χ3v) is 3.57. The molecule has 0 amide bonds. The van der Waals surface area contributed by atoms with Crippen LogP contribution in [0.3, 0.4) is 0 Å². The molecule has 1 atom stereocenters. The van der Waals surface area contributed by atoms with Gasteiger partial charge in [-0.2, -0.15) is 0 Å². The average Bonchev–Trinajstić information content (AvgIpc) is 2.65. The first kappa shape index (κ1) is 10.9. The Balaban J connectivity index is 1.99. The number of alkyl halides is 1. The van der Waals surface area contributed by atoms with E-state index < -0.39 is 0 Å². The number of halogens is 1. The van der Waals surface area contributed by atoms with Crippen LogP contribution in [0, 0.1) is 0 Å². The van der Waals surface area contributed by atoms with E-state index in [0.29, 0.717) is 4.16 Å². The maximum atomic E-state index is 8.85. The molecular weight excluding hydrogens is 278 g/mol. The fourth-order valence-corrected chi connectivity index (χ4v) is 2.50. The molecule has 0 saturated heterocycles. The fourth-order valence-electron chi connectivity index (χ4n) is 1.12. The minimum absolute atomic E-state index is 0.0203. The second-order valence-electron chi connectivity index (χ2n) is 3.01. The maximum absolute atomic E-state index is 8.85. The smallest absolute Gasteiger partial charge is 0.163 e. The van der Waals surface area contributed by atoms with E-state index in [1.807, 2.05) is 12.1 Å². The number of rotatable bonds is 2. The molecule has 0 fully saturated rings. The van der Waals surface area contributed by atoms with E-state index in [1.54, 1.807) is 18.0 Å². The largest absolute Gasteiger partial charge is 0.392 e. The summed E-state index contributed by atoms with van der Waals surface area (Å²) in [6.07, 6.45) is 1.65. The molecule has 0 aliphatic carbocycles. The van der Waals surface area contributed by atoms with Crippen LogP contribution in [0.4, 0.5) is 5.82 Å². The number of hydrogen-bond acceptors (Lipinski definition) is 5. The Morgan fingerprint density at radius 1 is 1.60 bits per heavy atom. The molecule has 2 heterocycles. The summed E-state index contributed by atoms with van der Waals surface area (Å²) in [7, 11) is 0. The van der Waals surface area contributed by atoms with Gasteiger partial charge in [0.25, 0.3) is 0 Å². The molecule has 2 N–H and O–H groups in total. The zero-order valence-electron chi connectivity index (χ0n) is 7.85. The van der Waals surface area contributed by atoms with Crippen LogP contribution in [-0.4, -0.2) is 26.0 Å². The van der Waals surface area contributed by atoms with Crippen molar-refractivity contribution in [2.75, 3.05) is 11.9 Å². The van der Waals surface area contributed by atoms with Crippen LogP contribution >= 0.6 is 27.7 Å². The van der Waals surface area contributed by atoms with Crippen molar-refractivity contribution in [2.45, 2.75) is 10.8 Å². The second kappa shape index (κ2) is 4.96. The first-order valence-corrected chi connectivity index (χ1v) is 6.25. The van der Waals surface area contributed by atoms with Crippen molar-refractivity contribution in [1.82, 2.24) is 4.98 Å². The first-order chi connectivity index (χ1) is 7.28. The van der Waals surface area contributed by atoms with Crippen molar-refractivity contribution in [3.63, 3.8) is 0 Å². The van der Waals surface area contributed by atoms with E-state index in [9.17, 15) is 0 Å². The van der Waals surface area contributed by atoms with E-state index in [2.05, 4.69) is 31.2 Å². The molecule has 1 unspecified atom stereocenters. The quantitative estimate of drug-likeness (QED) is 0.815. The van der Waals surface area contributed by atoms with Crippen LogP contribution in [0.25, 0.3) is 0 Å². The van der Waals surface area contributed by atoms with Gasteiger partial charge in [0.15, 0.2) is 5.17 Å². The van der Waals surface area contributed by atoms with Gasteiger partial charge in [0.1, 0.15) is 5.82 Å². The normalized spacial score (nSPS) is 20.1. The van der Waals surface area contributed by atoms with Gasteiger partial charge >= 0.3 is 0 Å². The Morgan fingerprint density at radius 3 is 3.00 bits per heavy atom. The number of nitrogens with zero attached hydrogens (tertiary/aromatic N) is 2. The highest BCUT2D eigenvalue weighted by Crippen LogP contribution is 2.26. The van der Waals surface area contributed by atoms with Gasteiger partial charge in [-0.15, -0.1) is 0 Å². The Kier molecular flexibility index (Phi) is 3.61. The van der Waals surface area contributed by atoms with Crippen molar-refractivity contribution in [1.29, 1.82) is 0 Å². The van der Waals surface area contributed by atoms with Gasteiger partial charge in [0.2, 0.25) is 0 Å². The lowest BCUT2D eigenvalue weighted by Gasteiger charge is -2.04. The van der Waals surface area contributed by atoms with Crippen LogP contribution in [-0.2, 0) is 6.61 Å². The molecule has 2 rings (SSSR count). The SMILES string of the molecule is OCc1ccc(NC2=NCC(Br)S2)nc1. The second-order valence-corrected chi connectivity index (χ2v) is 5.91. The molecule has 80 valence electrons. The molecular formula is C9H10BrN3OS. The number of nitrogens with one attached hydrogen (secondary N) is 1. The van der Waals surface area contributed by atoms with E-state index in [-0.39, 0.29) is 6.61 Å². The van der Waals surface area contributed by atoms with E-state index >= 15 is 0 Å². The van der Waals surface area contributed by atoms with Gasteiger partial charge in [-0.25, -0.2) is 4.98 Å². The Morgan fingerprint density at radius 2 is 2.47 bits per heavy atom. The lowest BCUT2D eigenvalue weighted by Crippen LogP contribution is -2.07. The summed E-state index contributed by atoms with van der Waals surface area (Å²) < 4.78 is 0.358. The highest BCUT2D eigenvalue weighted by Gasteiger charge is 2.16. The first-order valence-electron chi connectivity index (χ1n) is 4.46. The van der Waals surface area contributed by atoms with Crippen molar-refractivity contribution in [2.24, 2.45) is 4.99 Å². The van der Waals surface area contributed by atoms with Crippen LogP contribution in [0.1, 0.15) is 5.56 Å². The molecule has 0 spiro atoms. The van der Waals surface area contributed by atoms with Gasteiger partial charge in [-0.1, -0.05) is 33.8 Å². The Hall–Kier alpha value is -0.590. The van der Waals surface area contributed by atoms with E-state index in [0.717, 1.165) is 23.1 Å². The third kappa shape index (κ3) is 2.93. The summed E-state index contributed by atoms with van der Waals surface area (Å²) in [5, 5.41) is 12.8. The van der Waals surface area contributed by atoms with Crippen LogP contribution in [0.15, 0.2) is 23.3 Å². The molecule has 1 aromatic rings. The van der Waals surface area contributed by atoms with E-state index in [4.69, 9.17) is 5.11 Å². The monoisotopic (exact) mass is 287 g/mol. The van der Waals surface area contributed by atoms with E-state index in [1.165, 1.54) is 0 Å². The summed E-state index contributed by atoms with van der Waals surface area (Å²) in [4.78, 5) is 8.44. The number of aliphatic imine (C=N–C) groups is 1. The highest BCUT2D eigenvalue weighted by atomic mass is 79.9. The number of anilines is 1. The molecule has 6 heteroatoms. The fraction of sp³-hybridized carbons (Fsp3) is 0.333. The zero-order chi connectivity index (χ0) is 10.7. The number of hydrogen-bond donors (Lipinski definition) is 2. The molecule has 0 aromatic carbocycles. The maximum Gasteiger partial charge on any atom is 0.163 e. The molecule has 15 heavy (non-hydrogen) atoms. The predicted octanol–water partition coefficient (Wildman–Crippen LogP) is 1.81. The van der Waals surface area contributed by atoms with Crippen molar-refractivity contribution < 1.29 is 5.11 Å². The van der Waals surface area contributed by atoms with Gasteiger partial charge < -0.3 is 10.4 Å². The molecule has 4 nitrogen and oxygen atoms in total. The van der Waals surface area contributed by atoms with Crippen LogP contribution < -0.4 is 5.32 Å². The summed E-state index contributed by atoms with van der Waals surface area (Å²) in [6, 6.07) is 3.66. The molecule has 1 aromatic heterocycles. The number of aromatic nitrogens is 1. The number of pyridine rings is 1. The number of aliphatic hydroxyl groups is 1. The Labute approximate surface area is 100 Å². The third-order valence-electron chi connectivity index (χ3n) is 1.86. The zero-order valence-corrected chi connectivity index (χ0v) is 10.3. The number of thioether (sulfide) groups is 1. The number of aliphatic hydroxyl groups excluding tert-OH is 1. The number of amidine groups is 1.